The molecule has 0 unspecified atom stereocenters. The maximum absolute atomic E-state index is 12.9. The number of rotatable bonds is 7. The van der Waals surface area contributed by atoms with Gasteiger partial charge in [-0.3, -0.25) is 9.59 Å². The number of amides is 1. The van der Waals surface area contributed by atoms with Crippen LogP contribution in [0.3, 0.4) is 0 Å². The van der Waals surface area contributed by atoms with Crippen molar-refractivity contribution in [3.8, 4) is 5.69 Å². The number of carboxylic acids is 1. The first-order valence-electron chi connectivity index (χ1n) is 10.0. The lowest BCUT2D eigenvalue weighted by Gasteiger charge is -2.08. The molecule has 4 rings (SSSR count). The SMILES string of the molecule is CCOC(=O)c1cnc(NC(=O)c2cccc3c2cnn3-c2cccc(CC(=O)O)c2)cn1. The van der Waals surface area contributed by atoms with Gasteiger partial charge in [-0.1, -0.05) is 18.2 Å². The zero-order valence-electron chi connectivity index (χ0n) is 17.6. The molecule has 0 radical (unpaired) electrons. The van der Waals surface area contributed by atoms with Crippen LogP contribution in [0.5, 0.6) is 0 Å². The van der Waals surface area contributed by atoms with Crippen molar-refractivity contribution in [2.75, 3.05) is 11.9 Å². The molecule has 0 saturated heterocycles. The van der Waals surface area contributed by atoms with Crippen molar-refractivity contribution in [1.82, 2.24) is 19.7 Å². The molecule has 0 aliphatic carbocycles. The number of aliphatic carboxylic acids is 1. The molecule has 0 saturated carbocycles. The summed E-state index contributed by atoms with van der Waals surface area (Å²) in [5, 5.41) is 16.7. The highest BCUT2D eigenvalue weighted by Gasteiger charge is 2.16. The van der Waals surface area contributed by atoms with Crippen molar-refractivity contribution in [2.24, 2.45) is 0 Å². The van der Waals surface area contributed by atoms with Crippen molar-refractivity contribution < 1.29 is 24.2 Å². The number of fused-ring (bicyclic) bond motifs is 1. The van der Waals surface area contributed by atoms with E-state index in [0.717, 1.165) is 0 Å². The van der Waals surface area contributed by atoms with Crippen LogP contribution in [-0.4, -0.2) is 49.3 Å². The van der Waals surface area contributed by atoms with E-state index in [4.69, 9.17) is 9.84 Å². The molecule has 0 fully saturated rings. The molecule has 166 valence electrons. The molecular weight excluding hydrogens is 426 g/mol. The average molecular weight is 445 g/mol. The van der Waals surface area contributed by atoms with E-state index >= 15 is 0 Å². The Balaban J connectivity index is 1.60. The van der Waals surface area contributed by atoms with Gasteiger partial charge in [0.2, 0.25) is 0 Å². The van der Waals surface area contributed by atoms with Crippen molar-refractivity contribution in [3.63, 3.8) is 0 Å². The Kier molecular flexibility index (Phi) is 6.07. The van der Waals surface area contributed by atoms with Gasteiger partial charge < -0.3 is 15.2 Å². The molecule has 0 atom stereocenters. The Hall–Kier alpha value is -4.60. The topological polar surface area (TPSA) is 136 Å². The largest absolute Gasteiger partial charge is 0.481 e. The lowest BCUT2D eigenvalue weighted by molar-refractivity contribution is -0.136. The summed E-state index contributed by atoms with van der Waals surface area (Å²) >= 11 is 0. The van der Waals surface area contributed by atoms with Crippen molar-refractivity contribution >= 4 is 34.6 Å². The number of carbonyl (C=O) groups is 3. The number of carbonyl (C=O) groups excluding carboxylic acids is 2. The maximum atomic E-state index is 12.9. The summed E-state index contributed by atoms with van der Waals surface area (Å²) in [4.78, 5) is 43.6. The van der Waals surface area contributed by atoms with Gasteiger partial charge in [-0.2, -0.15) is 5.10 Å². The molecular formula is C23H19N5O5. The zero-order chi connectivity index (χ0) is 23.4. The van der Waals surface area contributed by atoms with Crippen LogP contribution >= 0.6 is 0 Å². The Bertz CT molecular complexity index is 1350. The van der Waals surface area contributed by atoms with E-state index < -0.39 is 17.8 Å². The molecule has 2 heterocycles. The number of nitrogens with zero attached hydrogens (tertiary/aromatic N) is 4. The van der Waals surface area contributed by atoms with Gasteiger partial charge in [0, 0.05) is 5.39 Å². The normalized spacial score (nSPS) is 10.7. The first-order chi connectivity index (χ1) is 16.0. The number of aromatic nitrogens is 4. The number of carboxylic acid groups (broad SMARTS) is 1. The summed E-state index contributed by atoms with van der Waals surface area (Å²) in [6.45, 7) is 1.91. The highest BCUT2D eigenvalue weighted by molar-refractivity contribution is 6.12. The molecule has 2 N–H and O–H groups in total. The van der Waals surface area contributed by atoms with E-state index in [0.29, 0.717) is 27.7 Å². The second kappa shape index (κ2) is 9.27. The van der Waals surface area contributed by atoms with Crippen molar-refractivity contribution in [1.29, 1.82) is 0 Å². The molecule has 0 aliphatic rings. The predicted molar refractivity (Wildman–Crippen MR) is 118 cm³/mol. The van der Waals surface area contributed by atoms with Crippen LogP contribution in [0.25, 0.3) is 16.6 Å². The van der Waals surface area contributed by atoms with Gasteiger partial charge in [-0.15, -0.1) is 0 Å². The van der Waals surface area contributed by atoms with Gasteiger partial charge in [0.1, 0.15) is 0 Å². The van der Waals surface area contributed by atoms with Crippen molar-refractivity contribution in [3.05, 3.63) is 77.9 Å². The lowest BCUT2D eigenvalue weighted by atomic mass is 10.1. The number of nitrogens with one attached hydrogen (secondary N) is 1. The summed E-state index contributed by atoms with van der Waals surface area (Å²) in [6, 6.07) is 12.2. The van der Waals surface area contributed by atoms with Gasteiger partial charge in [0.25, 0.3) is 5.91 Å². The fraction of sp³-hybridized carbons (Fsp3) is 0.130. The third-order valence-corrected chi connectivity index (χ3v) is 4.75. The highest BCUT2D eigenvalue weighted by atomic mass is 16.5. The fourth-order valence-corrected chi connectivity index (χ4v) is 3.31. The van der Waals surface area contributed by atoms with Crippen LogP contribution in [0.4, 0.5) is 5.82 Å². The van der Waals surface area contributed by atoms with Crippen LogP contribution in [0.2, 0.25) is 0 Å². The quantitative estimate of drug-likeness (QED) is 0.415. The molecule has 0 bridgehead atoms. The minimum absolute atomic E-state index is 0.0448. The number of hydrogen-bond acceptors (Lipinski definition) is 7. The molecule has 1 amide bonds. The van der Waals surface area contributed by atoms with Crippen LogP contribution in [-0.2, 0) is 16.0 Å². The van der Waals surface area contributed by atoms with E-state index in [1.54, 1.807) is 48.1 Å². The minimum Gasteiger partial charge on any atom is -0.481 e. The molecule has 10 heteroatoms. The second-order valence-corrected chi connectivity index (χ2v) is 7.00. The van der Waals surface area contributed by atoms with Crippen LogP contribution < -0.4 is 5.32 Å². The Labute approximate surface area is 187 Å². The van der Waals surface area contributed by atoms with Gasteiger partial charge in [0.15, 0.2) is 11.5 Å². The van der Waals surface area contributed by atoms with Crippen LogP contribution in [0.15, 0.2) is 61.1 Å². The van der Waals surface area contributed by atoms with E-state index in [-0.39, 0.29) is 24.5 Å². The van der Waals surface area contributed by atoms with Gasteiger partial charge in [0.05, 0.1) is 48.4 Å². The van der Waals surface area contributed by atoms with E-state index in [2.05, 4.69) is 20.4 Å². The number of ether oxygens (including phenoxy) is 1. The molecule has 2 aromatic heterocycles. The summed E-state index contributed by atoms with van der Waals surface area (Å²) in [5.41, 5.74) is 2.42. The molecule has 4 aromatic rings. The minimum atomic E-state index is -0.921. The molecule has 10 nitrogen and oxygen atoms in total. The second-order valence-electron chi connectivity index (χ2n) is 7.00. The third-order valence-electron chi connectivity index (χ3n) is 4.75. The average Bonchev–Trinajstić information content (AvgIpc) is 3.24. The molecule has 33 heavy (non-hydrogen) atoms. The summed E-state index contributed by atoms with van der Waals surface area (Å²) in [5.74, 6) is -1.75. The Morgan fingerprint density at radius 1 is 1.06 bits per heavy atom. The third kappa shape index (κ3) is 4.69. The fourth-order valence-electron chi connectivity index (χ4n) is 3.31. The van der Waals surface area contributed by atoms with Crippen molar-refractivity contribution in [2.45, 2.75) is 13.3 Å². The van der Waals surface area contributed by atoms with Gasteiger partial charge in [-0.25, -0.2) is 19.4 Å². The van der Waals surface area contributed by atoms with E-state index in [9.17, 15) is 14.4 Å². The summed E-state index contributed by atoms with van der Waals surface area (Å²) < 4.78 is 6.51. The molecule has 0 spiro atoms. The summed E-state index contributed by atoms with van der Waals surface area (Å²) in [6.07, 6.45) is 3.98. The number of hydrogen-bond donors (Lipinski definition) is 2. The zero-order valence-corrected chi connectivity index (χ0v) is 17.6. The molecule has 2 aromatic carbocycles. The van der Waals surface area contributed by atoms with Gasteiger partial charge in [-0.05, 0) is 36.8 Å². The first kappa shape index (κ1) is 21.6. The van der Waals surface area contributed by atoms with E-state index in [1.807, 2.05) is 12.1 Å². The highest BCUT2D eigenvalue weighted by Crippen LogP contribution is 2.23. The standard InChI is InChI=1S/C23H19N5O5/c1-2-33-23(32)18-12-25-20(13-24-18)27-22(31)16-7-4-8-19-17(16)11-26-28(19)15-6-3-5-14(9-15)10-21(29)30/h3-9,11-13H,2,10H2,1H3,(H,29,30)(H,25,27,31). The van der Waals surface area contributed by atoms with E-state index in [1.165, 1.54) is 12.4 Å². The Morgan fingerprint density at radius 3 is 2.61 bits per heavy atom. The number of esters is 1. The predicted octanol–water partition coefficient (Wildman–Crippen LogP) is 2.87. The monoisotopic (exact) mass is 445 g/mol. The van der Waals surface area contributed by atoms with Gasteiger partial charge >= 0.3 is 11.9 Å². The molecule has 0 aliphatic heterocycles. The number of anilines is 1. The van der Waals surface area contributed by atoms with Crippen LogP contribution in [0.1, 0.15) is 33.3 Å². The number of benzene rings is 2. The lowest BCUT2D eigenvalue weighted by Crippen LogP contribution is -2.14. The smallest absolute Gasteiger partial charge is 0.358 e. The Morgan fingerprint density at radius 2 is 1.88 bits per heavy atom. The van der Waals surface area contributed by atoms with Crippen LogP contribution in [0, 0.1) is 0 Å². The maximum Gasteiger partial charge on any atom is 0.358 e. The summed E-state index contributed by atoms with van der Waals surface area (Å²) in [7, 11) is 0. The first-order valence-corrected chi connectivity index (χ1v) is 10.0.